The Kier molecular flexibility index (Phi) is 4.40. The quantitative estimate of drug-likeness (QED) is 0.631. The van der Waals surface area contributed by atoms with Crippen molar-refractivity contribution in [2.24, 2.45) is 5.73 Å². The molecule has 1 aliphatic heterocycles. The minimum Gasteiger partial charge on any atom is -0.504 e. The molecule has 1 atom stereocenters. The Hall–Kier alpha value is -3.92. The maximum atomic E-state index is 9.98. The van der Waals surface area contributed by atoms with E-state index >= 15 is 0 Å². The number of benzene rings is 2. The van der Waals surface area contributed by atoms with Gasteiger partial charge in [-0.25, -0.2) is 0 Å². The Labute approximate surface area is 168 Å². The van der Waals surface area contributed by atoms with Gasteiger partial charge in [-0.2, -0.15) is 5.26 Å². The van der Waals surface area contributed by atoms with Crippen LogP contribution in [0, 0.1) is 25.2 Å². The number of H-pyrrole nitrogens is 1. The molecular weight excluding hydrogens is 368 g/mol. The molecule has 0 fully saturated rings. The van der Waals surface area contributed by atoms with Gasteiger partial charge in [-0.1, -0.05) is 18.2 Å². The summed E-state index contributed by atoms with van der Waals surface area (Å²) >= 11 is 0. The number of methoxy groups -OCH3 is 1. The number of nitrogens with zero attached hydrogens (tertiary/aromatic N) is 2. The predicted octanol–water partition coefficient (Wildman–Crippen LogP) is 3.63. The largest absolute Gasteiger partial charge is 0.504 e. The number of allylic oxidation sites excluding steroid dienone is 1. The smallest absolute Gasteiger partial charge is 0.244 e. The molecule has 0 radical (unpaired) electrons. The van der Waals surface area contributed by atoms with Crippen molar-refractivity contribution in [3.63, 3.8) is 0 Å². The van der Waals surface area contributed by atoms with E-state index in [0.29, 0.717) is 17.2 Å². The minimum absolute atomic E-state index is 0.00942. The van der Waals surface area contributed by atoms with Gasteiger partial charge in [-0.05, 0) is 48.7 Å². The zero-order valence-electron chi connectivity index (χ0n) is 16.3. The molecule has 7 heteroatoms. The van der Waals surface area contributed by atoms with Gasteiger partial charge < -0.3 is 20.3 Å². The summed E-state index contributed by atoms with van der Waals surface area (Å²) in [4.78, 5) is 0. The molecule has 3 aromatic rings. The first-order chi connectivity index (χ1) is 13.9. The summed E-state index contributed by atoms with van der Waals surface area (Å²) in [6.45, 7) is 4.09. The highest BCUT2D eigenvalue weighted by molar-refractivity contribution is 5.72. The lowest BCUT2D eigenvalue weighted by atomic mass is 9.82. The molecule has 0 saturated heterocycles. The van der Waals surface area contributed by atoms with Crippen LogP contribution in [0.15, 0.2) is 47.9 Å². The van der Waals surface area contributed by atoms with E-state index in [0.717, 1.165) is 22.4 Å². The fourth-order valence-corrected chi connectivity index (χ4v) is 3.57. The molecule has 1 unspecified atom stereocenters. The molecule has 0 spiro atoms. The Morgan fingerprint density at radius 2 is 2.00 bits per heavy atom. The molecule has 0 amide bonds. The third kappa shape index (κ3) is 2.95. The average molecular weight is 388 g/mol. The van der Waals surface area contributed by atoms with Crippen LogP contribution in [0.2, 0.25) is 0 Å². The van der Waals surface area contributed by atoms with E-state index in [4.69, 9.17) is 15.2 Å². The third-order valence-electron chi connectivity index (χ3n) is 5.27. The van der Waals surface area contributed by atoms with Crippen LogP contribution in [0.4, 0.5) is 0 Å². The maximum absolute atomic E-state index is 9.98. The van der Waals surface area contributed by atoms with E-state index < -0.39 is 5.92 Å². The highest BCUT2D eigenvalue weighted by Crippen LogP contribution is 2.47. The second kappa shape index (κ2) is 6.91. The lowest BCUT2D eigenvalue weighted by Crippen LogP contribution is -2.21. The number of aryl methyl sites for hydroxylation is 2. The molecule has 1 aromatic heterocycles. The molecule has 29 heavy (non-hydrogen) atoms. The monoisotopic (exact) mass is 388 g/mol. The van der Waals surface area contributed by atoms with Gasteiger partial charge in [0.25, 0.3) is 0 Å². The van der Waals surface area contributed by atoms with Gasteiger partial charge in [0, 0.05) is 5.56 Å². The maximum Gasteiger partial charge on any atom is 0.244 e. The number of aromatic amines is 1. The van der Waals surface area contributed by atoms with Crippen molar-refractivity contribution in [1.82, 2.24) is 10.2 Å². The van der Waals surface area contributed by atoms with Gasteiger partial charge in [0.1, 0.15) is 11.6 Å². The number of nitrogens with one attached hydrogen (secondary N) is 1. The van der Waals surface area contributed by atoms with Gasteiger partial charge in [-0.15, -0.1) is 5.10 Å². The van der Waals surface area contributed by atoms with Gasteiger partial charge in [-0.3, -0.25) is 5.10 Å². The van der Waals surface area contributed by atoms with E-state index in [1.54, 1.807) is 12.1 Å². The van der Waals surface area contributed by atoms with E-state index in [-0.39, 0.29) is 17.2 Å². The normalized spacial score (nSPS) is 15.4. The van der Waals surface area contributed by atoms with Crippen molar-refractivity contribution in [2.45, 2.75) is 19.8 Å². The lowest BCUT2D eigenvalue weighted by Gasteiger charge is -2.24. The lowest BCUT2D eigenvalue weighted by molar-refractivity contribution is 0.371. The molecule has 0 saturated carbocycles. The van der Waals surface area contributed by atoms with E-state index in [2.05, 4.69) is 22.3 Å². The second-order valence-electron chi connectivity index (χ2n) is 6.97. The fraction of sp³-hybridized carbons (Fsp3) is 0.182. The van der Waals surface area contributed by atoms with Crippen molar-refractivity contribution in [3.05, 3.63) is 70.1 Å². The van der Waals surface area contributed by atoms with Crippen molar-refractivity contribution in [3.8, 4) is 34.7 Å². The van der Waals surface area contributed by atoms with Gasteiger partial charge in [0.05, 0.1) is 24.3 Å². The fourth-order valence-electron chi connectivity index (χ4n) is 3.57. The molecule has 1 aliphatic rings. The number of rotatable bonds is 3. The predicted molar refractivity (Wildman–Crippen MR) is 107 cm³/mol. The minimum atomic E-state index is -0.520. The standard InChI is InChI=1S/C22H20N4O3/c1-11-4-5-14(8-12(11)2)20-19-18(13-6-7-16(27)17(9-13)28-3)15(10-23)21(24)29-22(19)26-25-20/h4-9,18,27H,24H2,1-3H3,(H,25,26). The first-order valence-electron chi connectivity index (χ1n) is 9.05. The van der Waals surface area contributed by atoms with Crippen molar-refractivity contribution in [2.75, 3.05) is 7.11 Å². The molecule has 0 aliphatic carbocycles. The van der Waals surface area contributed by atoms with E-state index in [9.17, 15) is 10.4 Å². The number of phenolic OH excluding ortho intramolecular Hbond substituents is 1. The van der Waals surface area contributed by atoms with Crippen LogP contribution in [0.3, 0.4) is 0 Å². The zero-order chi connectivity index (χ0) is 20.7. The summed E-state index contributed by atoms with van der Waals surface area (Å²) in [6.07, 6.45) is 0. The Bertz CT molecular complexity index is 1190. The van der Waals surface area contributed by atoms with Crippen molar-refractivity contribution < 1.29 is 14.6 Å². The van der Waals surface area contributed by atoms with Crippen LogP contribution in [0.1, 0.15) is 28.2 Å². The molecule has 146 valence electrons. The summed E-state index contributed by atoms with van der Waals surface area (Å²) in [7, 11) is 1.47. The number of hydrogen-bond donors (Lipinski definition) is 3. The van der Waals surface area contributed by atoms with Crippen LogP contribution in [-0.4, -0.2) is 22.4 Å². The van der Waals surface area contributed by atoms with E-state index in [1.807, 2.05) is 26.0 Å². The molecule has 4 N–H and O–H groups in total. The van der Waals surface area contributed by atoms with Crippen molar-refractivity contribution in [1.29, 1.82) is 5.26 Å². The van der Waals surface area contributed by atoms with Gasteiger partial charge in [0.2, 0.25) is 11.8 Å². The summed E-state index contributed by atoms with van der Waals surface area (Å²) < 4.78 is 10.9. The van der Waals surface area contributed by atoms with E-state index in [1.165, 1.54) is 18.7 Å². The SMILES string of the molecule is COc1cc(C2C(C#N)=C(N)Oc3n[nH]c(-c4ccc(C)c(C)c4)c32)ccc1O. The molecule has 2 heterocycles. The topological polar surface area (TPSA) is 117 Å². The second-order valence-corrected chi connectivity index (χ2v) is 6.97. The van der Waals surface area contributed by atoms with Gasteiger partial charge in [0.15, 0.2) is 11.5 Å². The highest BCUT2D eigenvalue weighted by atomic mass is 16.5. The zero-order valence-corrected chi connectivity index (χ0v) is 16.3. The number of phenols is 1. The summed E-state index contributed by atoms with van der Waals surface area (Å²) in [6, 6.07) is 13.2. The Morgan fingerprint density at radius 1 is 1.21 bits per heavy atom. The number of aromatic hydroxyl groups is 1. The van der Waals surface area contributed by atoms with Crippen LogP contribution in [0.25, 0.3) is 11.3 Å². The number of nitriles is 1. The molecule has 4 rings (SSSR count). The summed E-state index contributed by atoms with van der Waals surface area (Å²) in [5.74, 6) is 0.138. The van der Waals surface area contributed by atoms with Crippen LogP contribution in [0.5, 0.6) is 17.4 Å². The summed E-state index contributed by atoms with van der Waals surface area (Å²) in [5.41, 5.74) is 11.7. The number of nitrogens with two attached hydrogens (primary N) is 1. The molecule has 7 nitrogen and oxygen atoms in total. The first kappa shape index (κ1) is 18.4. The Balaban J connectivity index is 1.95. The number of hydrogen-bond acceptors (Lipinski definition) is 6. The average Bonchev–Trinajstić information content (AvgIpc) is 3.12. The van der Waals surface area contributed by atoms with Crippen LogP contribution >= 0.6 is 0 Å². The van der Waals surface area contributed by atoms with Crippen LogP contribution in [-0.2, 0) is 0 Å². The number of aromatic nitrogens is 2. The number of fused-ring (bicyclic) bond motifs is 1. The molecule has 2 aromatic carbocycles. The summed E-state index contributed by atoms with van der Waals surface area (Å²) in [5, 5.41) is 27.1. The Morgan fingerprint density at radius 3 is 2.69 bits per heavy atom. The molecule has 0 bridgehead atoms. The highest BCUT2D eigenvalue weighted by Gasteiger charge is 2.36. The third-order valence-corrected chi connectivity index (χ3v) is 5.27. The van der Waals surface area contributed by atoms with Crippen LogP contribution < -0.4 is 15.2 Å². The number of ether oxygens (including phenoxy) is 2. The molecular formula is C22H20N4O3. The first-order valence-corrected chi connectivity index (χ1v) is 9.05. The van der Waals surface area contributed by atoms with Gasteiger partial charge >= 0.3 is 0 Å². The van der Waals surface area contributed by atoms with Crippen molar-refractivity contribution >= 4 is 0 Å².